The Morgan fingerprint density at radius 3 is 0.840 bits per heavy atom. The average molecular weight is 396 g/mol. The zero-order valence-corrected chi connectivity index (χ0v) is 20.5. The monoisotopic (exact) mass is 395 g/mol. The van der Waals surface area contributed by atoms with Gasteiger partial charge in [-0.25, -0.2) is 0 Å². The molecule has 0 aliphatic rings. The minimum absolute atomic E-state index is 0. The van der Waals surface area contributed by atoms with Gasteiger partial charge in [0.1, 0.15) is 0 Å². The summed E-state index contributed by atoms with van der Waals surface area (Å²) in [6.45, 7) is 29.4. The largest absolute Gasteiger partial charge is 0.369 e. The van der Waals surface area contributed by atoms with Crippen LogP contribution >= 0.6 is 0 Å². The van der Waals surface area contributed by atoms with Crippen molar-refractivity contribution in [2.45, 2.75) is 119 Å². The van der Waals surface area contributed by atoms with Crippen LogP contribution in [0.15, 0.2) is 9.98 Å². The Bertz CT molecular complexity index is 383. The van der Waals surface area contributed by atoms with Gasteiger partial charge in [0, 0.05) is 28.1 Å². The van der Waals surface area contributed by atoms with Crippen molar-refractivity contribution in [3.63, 3.8) is 0 Å². The van der Waals surface area contributed by atoms with E-state index in [1.54, 1.807) is 0 Å². The van der Waals surface area contributed by atoms with Crippen molar-refractivity contribution < 1.29 is 17.1 Å². The Kier molecular flexibility index (Phi) is 12.4. The first-order valence-electron chi connectivity index (χ1n) is 8.89. The topological polar surface area (TPSA) is 48.8 Å². The molecule has 151 valence electrons. The van der Waals surface area contributed by atoms with Crippen LogP contribution in [0.25, 0.3) is 0 Å². The third-order valence-electron chi connectivity index (χ3n) is 2.12. The molecule has 5 heteroatoms. The summed E-state index contributed by atoms with van der Waals surface area (Å²) in [5, 5.41) is 6.65. The molecule has 4 nitrogen and oxygen atoms in total. The zero-order valence-electron chi connectivity index (χ0n) is 19.3. The van der Waals surface area contributed by atoms with E-state index in [1.165, 1.54) is 0 Å². The van der Waals surface area contributed by atoms with E-state index in [1.807, 2.05) is 13.8 Å². The molecule has 0 aromatic carbocycles. The van der Waals surface area contributed by atoms with E-state index in [2.05, 4.69) is 104 Å². The van der Waals surface area contributed by atoms with Gasteiger partial charge >= 0.3 is 0 Å². The first-order chi connectivity index (χ1) is 10.2. The number of amidine groups is 2. The fraction of sp³-hybridized carbons (Fsp3) is 0.900. The summed E-state index contributed by atoms with van der Waals surface area (Å²) in [4.78, 5) is 9.00. The van der Waals surface area contributed by atoms with Crippen LogP contribution in [0, 0.1) is 0 Å². The summed E-state index contributed by atoms with van der Waals surface area (Å²) in [6.07, 6.45) is 0. The smallest absolute Gasteiger partial charge is 0.0942 e. The maximum atomic E-state index is 4.50. The van der Waals surface area contributed by atoms with Gasteiger partial charge in [-0.2, -0.15) is 0 Å². The number of nitrogens with one attached hydrogen (secondary N) is 2. The molecule has 1 radical (unpaired) electrons. The Morgan fingerprint density at radius 1 is 0.520 bits per heavy atom. The van der Waals surface area contributed by atoms with Crippen LogP contribution in [-0.2, 0) is 17.1 Å². The van der Waals surface area contributed by atoms with Gasteiger partial charge in [0.05, 0.1) is 22.7 Å². The van der Waals surface area contributed by atoms with Gasteiger partial charge in [-0.3, -0.25) is 9.98 Å². The molecule has 0 bridgehead atoms. The summed E-state index contributed by atoms with van der Waals surface area (Å²) in [7, 11) is 0. The molecule has 2 N–H and O–H groups in total. The van der Waals surface area contributed by atoms with E-state index < -0.39 is 0 Å². The molecule has 0 aromatic heterocycles. The number of rotatable bonds is 0. The van der Waals surface area contributed by atoms with Crippen LogP contribution in [0.4, 0.5) is 0 Å². The normalized spacial score (nSPS) is 14.2. The van der Waals surface area contributed by atoms with Gasteiger partial charge in [-0.1, -0.05) is 0 Å². The Balaban J connectivity index is -0.000000372. The summed E-state index contributed by atoms with van der Waals surface area (Å²) in [5.41, 5.74) is 0.252. The van der Waals surface area contributed by atoms with Crippen LogP contribution in [0.2, 0.25) is 0 Å². The van der Waals surface area contributed by atoms with Crippen LogP contribution in [0.3, 0.4) is 0 Å². The number of hydrogen-bond acceptors (Lipinski definition) is 2. The molecular formula is C20H44MnN4. The minimum Gasteiger partial charge on any atom is -0.369 e. The summed E-state index contributed by atoms with van der Waals surface area (Å²) >= 11 is 0. The van der Waals surface area contributed by atoms with E-state index in [4.69, 9.17) is 0 Å². The van der Waals surface area contributed by atoms with Gasteiger partial charge in [0.15, 0.2) is 0 Å². The zero-order chi connectivity index (χ0) is 20.0. The van der Waals surface area contributed by atoms with Gasteiger partial charge in [-0.05, 0) is 96.9 Å². The molecule has 0 atom stereocenters. The summed E-state index contributed by atoms with van der Waals surface area (Å²) in [6, 6.07) is 0. The molecule has 0 amide bonds. The summed E-state index contributed by atoms with van der Waals surface area (Å²) < 4.78 is 0. The predicted molar refractivity (Wildman–Crippen MR) is 112 cm³/mol. The molecule has 0 saturated carbocycles. The second-order valence-electron chi connectivity index (χ2n) is 10.5. The predicted octanol–water partition coefficient (Wildman–Crippen LogP) is 5.18. The van der Waals surface area contributed by atoms with Crippen LogP contribution < -0.4 is 10.6 Å². The minimum atomic E-state index is 0. The Hall–Kier alpha value is -0.541. The van der Waals surface area contributed by atoms with Gasteiger partial charge in [-0.15, -0.1) is 0 Å². The number of aliphatic imine (C=N–C) groups is 2. The molecule has 0 unspecified atom stereocenters. The van der Waals surface area contributed by atoms with Crippen molar-refractivity contribution in [2.75, 3.05) is 0 Å². The van der Waals surface area contributed by atoms with E-state index in [9.17, 15) is 0 Å². The van der Waals surface area contributed by atoms with Gasteiger partial charge < -0.3 is 10.6 Å². The van der Waals surface area contributed by atoms with Gasteiger partial charge in [0.25, 0.3) is 0 Å². The molecule has 0 heterocycles. The first-order valence-corrected chi connectivity index (χ1v) is 8.89. The van der Waals surface area contributed by atoms with E-state index >= 15 is 0 Å². The third-order valence-corrected chi connectivity index (χ3v) is 2.12. The summed E-state index contributed by atoms with van der Waals surface area (Å²) in [5.74, 6) is 2.02. The number of nitrogens with zero attached hydrogens (tertiary/aromatic N) is 2. The van der Waals surface area contributed by atoms with Crippen molar-refractivity contribution >= 4 is 11.7 Å². The molecule has 0 aliphatic carbocycles. The third kappa shape index (κ3) is 28.5. The van der Waals surface area contributed by atoms with E-state index in [-0.39, 0.29) is 39.2 Å². The maximum absolute atomic E-state index is 4.50. The van der Waals surface area contributed by atoms with E-state index in [0.717, 1.165) is 11.7 Å². The Morgan fingerprint density at radius 2 is 0.720 bits per heavy atom. The second kappa shape index (κ2) is 10.6. The van der Waals surface area contributed by atoms with Crippen LogP contribution in [0.5, 0.6) is 0 Å². The van der Waals surface area contributed by atoms with Crippen molar-refractivity contribution in [3.05, 3.63) is 0 Å². The van der Waals surface area contributed by atoms with Gasteiger partial charge in [0.2, 0.25) is 0 Å². The molecule has 0 aromatic rings. The molecule has 0 aliphatic heterocycles. The second-order valence-corrected chi connectivity index (χ2v) is 10.5. The van der Waals surface area contributed by atoms with Crippen molar-refractivity contribution in [1.82, 2.24) is 10.6 Å². The van der Waals surface area contributed by atoms with Crippen molar-refractivity contribution in [2.24, 2.45) is 9.98 Å². The average Bonchev–Trinajstić information content (AvgIpc) is 2.02. The fourth-order valence-electron chi connectivity index (χ4n) is 2.15. The Labute approximate surface area is 168 Å². The quantitative estimate of drug-likeness (QED) is 0.337. The molecule has 0 spiro atoms. The molecular weight excluding hydrogens is 351 g/mol. The molecule has 25 heavy (non-hydrogen) atoms. The van der Waals surface area contributed by atoms with Crippen LogP contribution in [-0.4, -0.2) is 33.8 Å². The molecule has 0 rings (SSSR count). The standard InChI is InChI=1S/2C10H22N2.Mn/c2*1-8(11-9(2,3)4)12-10(5,6)7;/h2*1-7H3,(H,11,12);. The van der Waals surface area contributed by atoms with E-state index in [0.29, 0.717) is 0 Å². The fourth-order valence-corrected chi connectivity index (χ4v) is 2.15. The first kappa shape index (κ1) is 29.2. The SMILES string of the molecule is CC(=NC(C)(C)C)NC(C)(C)C.CC(=NC(C)(C)C)NC(C)(C)C.[Mn]. The molecule has 0 saturated heterocycles. The van der Waals surface area contributed by atoms with Crippen molar-refractivity contribution in [1.29, 1.82) is 0 Å². The molecule has 0 fully saturated rings. The van der Waals surface area contributed by atoms with Crippen molar-refractivity contribution in [3.8, 4) is 0 Å². The maximum Gasteiger partial charge on any atom is 0.0942 e. The van der Waals surface area contributed by atoms with Crippen LogP contribution in [0.1, 0.15) is 96.9 Å². The number of hydrogen-bond donors (Lipinski definition) is 2.